The Morgan fingerprint density at radius 2 is 2.12 bits per heavy atom. The molecule has 4 nitrogen and oxygen atoms in total. The van der Waals surface area contributed by atoms with Gasteiger partial charge >= 0.3 is 0 Å². The fourth-order valence-corrected chi connectivity index (χ4v) is 3.83. The van der Waals surface area contributed by atoms with Crippen molar-refractivity contribution in [3.05, 3.63) is 75.6 Å². The van der Waals surface area contributed by atoms with Crippen molar-refractivity contribution >= 4 is 10.9 Å². The zero-order valence-corrected chi connectivity index (χ0v) is 14.7. The second-order valence-electron chi connectivity index (χ2n) is 6.71. The van der Waals surface area contributed by atoms with Crippen LogP contribution >= 0.6 is 0 Å². The molecule has 2 heterocycles. The van der Waals surface area contributed by atoms with Crippen molar-refractivity contribution in [1.82, 2.24) is 4.98 Å². The van der Waals surface area contributed by atoms with Gasteiger partial charge in [0.05, 0.1) is 18.6 Å². The number of nitrogens with one attached hydrogen (secondary N) is 1. The molecule has 1 aromatic heterocycles. The Balaban J connectivity index is 1.78. The number of pyridine rings is 1. The second-order valence-corrected chi connectivity index (χ2v) is 6.71. The number of benzene rings is 2. The summed E-state index contributed by atoms with van der Waals surface area (Å²) >= 11 is 0. The van der Waals surface area contributed by atoms with E-state index in [0.29, 0.717) is 13.0 Å². The predicted molar refractivity (Wildman–Crippen MR) is 102 cm³/mol. The third kappa shape index (κ3) is 2.76. The van der Waals surface area contributed by atoms with E-state index in [9.17, 15) is 10.1 Å². The number of H-pyrrole nitrogens is 1. The Hall–Kier alpha value is -3.06. The molecule has 3 aromatic rings. The molecule has 0 fully saturated rings. The number of para-hydroxylation sites is 1. The monoisotopic (exact) mass is 344 g/mol. The molecular formula is C22H20N2O2. The third-order valence-electron chi connectivity index (χ3n) is 5.23. The van der Waals surface area contributed by atoms with Crippen molar-refractivity contribution in [2.24, 2.45) is 0 Å². The van der Waals surface area contributed by atoms with Crippen molar-refractivity contribution in [2.45, 2.75) is 31.6 Å². The van der Waals surface area contributed by atoms with Crippen LogP contribution in [0.3, 0.4) is 0 Å². The Kier molecular flexibility index (Phi) is 4.22. The minimum Gasteiger partial charge on any atom is -0.493 e. The summed E-state index contributed by atoms with van der Waals surface area (Å²) in [5.74, 6) is 0.675. The molecule has 4 heteroatoms. The highest BCUT2D eigenvalue weighted by Gasteiger charge is 2.30. The minimum atomic E-state index is -0.279. The number of aryl methyl sites for hydroxylation is 1. The molecule has 0 bridgehead atoms. The van der Waals surface area contributed by atoms with Gasteiger partial charge in [0.15, 0.2) is 0 Å². The van der Waals surface area contributed by atoms with Crippen molar-refractivity contribution in [3.8, 4) is 11.8 Å². The van der Waals surface area contributed by atoms with E-state index in [2.05, 4.69) is 11.1 Å². The number of nitrogens with zero attached hydrogens (tertiary/aromatic N) is 1. The summed E-state index contributed by atoms with van der Waals surface area (Å²) < 4.78 is 5.74. The van der Waals surface area contributed by atoms with Gasteiger partial charge in [-0.25, -0.2) is 0 Å². The number of hydrogen-bond acceptors (Lipinski definition) is 3. The Morgan fingerprint density at radius 1 is 1.27 bits per heavy atom. The molecule has 0 radical (unpaired) electrons. The summed E-state index contributed by atoms with van der Waals surface area (Å²) in [6, 6.07) is 18.3. The predicted octanol–water partition coefficient (Wildman–Crippen LogP) is 4.26. The SMILES string of the molecule is CCc1cc2ccc(C(C#N)C3CCOc4ccccc43)cc2[nH]c1=O. The lowest BCUT2D eigenvalue weighted by Gasteiger charge is -2.29. The number of aromatic nitrogens is 1. The molecule has 2 unspecified atom stereocenters. The summed E-state index contributed by atoms with van der Waals surface area (Å²) in [6.07, 6.45) is 1.51. The van der Waals surface area contributed by atoms with Gasteiger partial charge in [-0.3, -0.25) is 4.79 Å². The summed E-state index contributed by atoms with van der Waals surface area (Å²) in [5.41, 5.74) is 3.52. The van der Waals surface area contributed by atoms with Gasteiger partial charge in [-0.2, -0.15) is 5.26 Å². The smallest absolute Gasteiger partial charge is 0.251 e. The molecule has 1 aliphatic heterocycles. The molecule has 4 rings (SSSR count). The molecule has 0 aliphatic carbocycles. The van der Waals surface area contributed by atoms with Crippen LogP contribution in [0.4, 0.5) is 0 Å². The summed E-state index contributed by atoms with van der Waals surface area (Å²) in [4.78, 5) is 15.1. The average molecular weight is 344 g/mol. The van der Waals surface area contributed by atoms with Gasteiger partial charge in [0.25, 0.3) is 5.56 Å². The second kappa shape index (κ2) is 6.68. The molecule has 0 saturated heterocycles. The van der Waals surface area contributed by atoms with Crippen LogP contribution in [0.15, 0.2) is 53.3 Å². The van der Waals surface area contributed by atoms with Crippen LogP contribution in [-0.2, 0) is 6.42 Å². The highest BCUT2D eigenvalue weighted by Crippen LogP contribution is 2.42. The molecule has 2 atom stereocenters. The number of hydrogen-bond donors (Lipinski definition) is 1. The molecule has 0 amide bonds. The van der Waals surface area contributed by atoms with E-state index in [-0.39, 0.29) is 17.4 Å². The molecule has 1 N–H and O–H groups in total. The number of aromatic amines is 1. The zero-order valence-electron chi connectivity index (χ0n) is 14.7. The molecule has 2 aromatic carbocycles. The van der Waals surface area contributed by atoms with Crippen LogP contribution in [-0.4, -0.2) is 11.6 Å². The van der Waals surface area contributed by atoms with Gasteiger partial charge in [0, 0.05) is 17.0 Å². The fourth-order valence-electron chi connectivity index (χ4n) is 3.83. The summed E-state index contributed by atoms with van der Waals surface area (Å²) in [7, 11) is 0. The number of rotatable bonds is 3. The van der Waals surface area contributed by atoms with Gasteiger partial charge in [0.2, 0.25) is 0 Å². The van der Waals surface area contributed by atoms with Crippen LogP contribution in [0, 0.1) is 11.3 Å². The molecule has 0 spiro atoms. The quantitative estimate of drug-likeness (QED) is 0.772. The van der Waals surface area contributed by atoms with Crippen molar-refractivity contribution in [3.63, 3.8) is 0 Å². The Morgan fingerprint density at radius 3 is 2.92 bits per heavy atom. The normalized spacial score (nSPS) is 17.2. The summed E-state index contributed by atoms with van der Waals surface area (Å²) in [6.45, 7) is 2.59. The van der Waals surface area contributed by atoms with Gasteiger partial charge in [-0.15, -0.1) is 0 Å². The van der Waals surface area contributed by atoms with E-state index in [1.54, 1.807) is 0 Å². The largest absolute Gasteiger partial charge is 0.493 e. The minimum absolute atomic E-state index is 0.0536. The summed E-state index contributed by atoms with van der Waals surface area (Å²) in [5, 5.41) is 10.9. The maximum absolute atomic E-state index is 12.1. The molecular weight excluding hydrogens is 324 g/mol. The van der Waals surface area contributed by atoms with E-state index < -0.39 is 0 Å². The van der Waals surface area contributed by atoms with E-state index in [1.165, 1.54) is 0 Å². The number of nitriles is 1. The Labute approximate surface area is 152 Å². The van der Waals surface area contributed by atoms with E-state index in [4.69, 9.17) is 4.74 Å². The molecule has 0 saturated carbocycles. The highest BCUT2D eigenvalue weighted by molar-refractivity contribution is 5.80. The van der Waals surface area contributed by atoms with Gasteiger partial charge in [-0.05, 0) is 47.6 Å². The van der Waals surface area contributed by atoms with Gasteiger partial charge in [0.1, 0.15) is 5.75 Å². The average Bonchev–Trinajstić information content (AvgIpc) is 2.68. The maximum atomic E-state index is 12.1. The topological polar surface area (TPSA) is 65.9 Å². The van der Waals surface area contributed by atoms with Gasteiger partial charge < -0.3 is 9.72 Å². The van der Waals surface area contributed by atoms with Crippen LogP contribution in [0.25, 0.3) is 10.9 Å². The standard InChI is InChI=1S/C22H20N2O2/c1-2-14-11-16-8-7-15(12-20(16)24-22(14)25)19(13-23)17-9-10-26-21-6-4-3-5-18(17)21/h3-8,11-12,17,19H,2,9-10H2,1H3,(H,24,25). The first-order chi connectivity index (χ1) is 12.7. The lowest BCUT2D eigenvalue weighted by molar-refractivity contribution is 0.262. The molecule has 26 heavy (non-hydrogen) atoms. The first-order valence-electron chi connectivity index (χ1n) is 8.98. The first-order valence-corrected chi connectivity index (χ1v) is 8.98. The third-order valence-corrected chi connectivity index (χ3v) is 5.23. The van der Waals surface area contributed by atoms with Crippen molar-refractivity contribution < 1.29 is 4.74 Å². The number of fused-ring (bicyclic) bond motifs is 2. The lowest BCUT2D eigenvalue weighted by Crippen LogP contribution is -2.19. The fraction of sp³-hybridized carbons (Fsp3) is 0.273. The Bertz CT molecular complexity index is 1060. The van der Waals surface area contributed by atoms with Crippen LogP contribution in [0.2, 0.25) is 0 Å². The number of ether oxygens (including phenoxy) is 1. The van der Waals surface area contributed by atoms with Crippen molar-refractivity contribution in [2.75, 3.05) is 6.61 Å². The lowest BCUT2D eigenvalue weighted by atomic mass is 9.79. The maximum Gasteiger partial charge on any atom is 0.251 e. The van der Waals surface area contributed by atoms with E-state index >= 15 is 0 Å². The van der Waals surface area contributed by atoms with Crippen LogP contribution in [0.5, 0.6) is 5.75 Å². The van der Waals surface area contributed by atoms with Crippen molar-refractivity contribution in [1.29, 1.82) is 5.26 Å². The highest BCUT2D eigenvalue weighted by atomic mass is 16.5. The van der Waals surface area contributed by atoms with Crippen LogP contribution in [0.1, 0.15) is 41.9 Å². The van der Waals surface area contributed by atoms with Gasteiger partial charge in [-0.1, -0.05) is 37.3 Å². The molecule has 130 valence electrons. The van der Waals surface area contributed by atoms with E-state index in [1.807, 2.05) is 55.5 Å². The van der Waals surface area contributed by atoms with Crippen LogP contribution < -0.4 is 10.3 Å². The molecule has 1 aliphatic rings. The van der Waals surface area contributed by atoms with E-state index in [0.717, 1.165) is 39.8 Å². The zero-order chi connectivity index (χ0) is 18.1. The first kappa shape index (κ1) is 16.4.